The number of piperidine rings is 3. The lowest BCUT2D eigenvalue weighted by molar-refractivity contribution is -0.134. The Morgan fingerprint density at radius 2 is 1.80 bits per heavy atom. The van der Waals surface area contributed by atoms with Crippen molar-refractivity contribution in [2.45, 2.75) is 77.6 Å². The molecule has 1 unspecified atom stereocenters. The number of aromatic nitrogens is 2. The summed E-state index contributed by atoms with van der Waals surface area (Å²) in [5, 5.41) is 7.92. The van der Waals surface area contributed by atoms with Crippen LogP contribution in [0, 0.1) is 11.8 Å². The third-order valence-electron chi connectivity index (χ3n) is 8.30. The lowest BCUT2D eigenvalue weighted by atomic mass is 9.81. The first-order valence-electron chi connectivity index (χ1n) is 14.9. The number of hydrogen-bond acceptors (Lipinski definition) is 6. The van der Waals surface area contributed by atoms with Gasteiger partial charge in [-0.05, 0) is 63.1 Å². The molecule has 1 aromatic heterocycles. The minimum Gasteiger partial charge on any atom is -0.450 e. The van der Waals surface area contributed by atoms with Crippen LogP contribution in [0.3, 0.4) is 0 Å². The Morgan fingerprint density at radius 1 is 1.10 bits per heavy atom. The molecule has 4 heterocycles. The number of amides is 3. The van der Waals surface area contributed by atoms with Gasteiger partial charge >= 0.3 is 6.09 Å². The molecule has 9 nitrogen and oxygen atoms in total. The Balaban J connectivity index is 0.00000124. The predicted molar refractivity (Wildman–Crippen MR) is 153 cm³/mol. The number of nitrogens with one attached hydrogen (secondary N) is 1. The molecule has 2 atom stereocenters. The molecular weight excluding hydrogens is 532 g/mol. The van der Waals surface area contributed by atoms with Crippen molar-refractivity contribution < 1.29 is 27.9 Å². The number of likely N-dealkylation sites (tertiary alicyclic amines) is 1. The molecule has 3 saturated heterocycles. The Morgan fingerprint density at radius 3 is 2.44 bits per heavy atom. The number of rotatable bonds is 5. The Labute approximate surface area is 240 Å². The molecule has 0 aliphatic carbocycles. The molecule has 0 radical (unpaired) electrons. The van der Waals surface area contributed by atoms with Crippen molar-refractivity contribution in [1.82, 2.24) is 20.0 Å². The van der Waals surface area contributed by atoms with Crippen LogP contribution in [0.1, 0.15) is 77.3 Å². The number of ether oxygens (including phenoxy) is 1. The van der Waals surface area contributed by atoms with Crippen LogP contribution < -0.4 is 10.2 Å². The molecular formula is C30H43F2N5O4. The van der Waals surface area contributed by atoms with Gasteiger partial charge in [0.1, 0.15) is 0 Å². The summed E-state index contributed by atoms with van der Waals surface area (Å²) in [6.45, 7) is 7.40. The van der Waals surface area contributed by atoms with Gasteiger partial charge in [0.15, 0.2) is 0 Å². The van der Waals surface area contributed by atoms with Crippen molar-refractivity contribution in [2.75, 3.05) is 37.7 Å². The largest absolute Gasteiger partial charge is 0.450 e. The first-order chi connectivity index (χ1) is 19.6. The smallest absolute Gasteiger partial charge is 0.409 e. The second kappa shape index (κ2) is 13.2. The lowest BCUT2D eigenvalue weighted by Gasteiger charge is -2.41. The number of aryl methyl sites for hydroxylation is 1. The number of imide groups is 1. The topological polar surface area (TPSA) is 96.8 Å². The molecule has 1 N–H and O–H groups in total. The maximum atomic E-state index is 14.9. The van der Waals surface area contributed by atoms with E-state index >= 15 is 0 Å². The Kier molecular flexibility index (Phi) is 9.86. The minimum absolute atomic E-state index is 0.178. The maximum absolute atomic E-state index is 14.9. The highest BCUT2D eigenvalue weighted by Crippen LogP contribution is 2.40. The quantitative estimate of drug-likeness (QED) is 0.491. The van der Waals surface area contributed by atoms with E-state index < -0.39 is 30.4 Å². The van der Waals surface area contributed by atoms with Crippen LogP contribution in [0.4, 0.5) is 19.3 Å². The SMILES string of the molecule is CCC.CCOC(=O)N1CC[C@H](CC2CCN(c3ccc4c(C5CCC(=O)NC5=O)nn(C)c4c3)CC2)C(F)(F)C1. The summed E-state index contributed by atoms with van der Waals surface area (Å²) in [6, 6.07) is 6.08. The standard InChI is InChI=1S/C27H35F2N5O4.C3H8/c1-3-38-26(37)34-13-10-18(27(28,29)16-34)14-17-8-11-33(12-9-17)19-4-5-20-22(15-19)32(2)31-24(20)21-6-7-23(35)30-25(21)36;1-3-2/h4-5,15,17-18,21H,3,6-14,16H2,1-2H3,(H,30,35,36);3H2,1-2H3/t18-,21?;/m1./s1. The van der Waals surface area contributed by atoms with E-state index in [0.29, 0.717) is 37.9 Å². The number of hydrogen-bond donors (Lipinski definition) is 1. The summed E-state index contributed by atoms with van der Waals surface area (Å²) in [5.41, 5.74) is 2.65. The number of carbonyl (C=O) groups excluding carboxylic acids is 3. The fraction of sp³-hybridized carbons (Fsp3) is 0.667. The summed E-state index contributed by atoms with van der Waals surface area (Å²) in [7, 11) is 1.85. The predicted octanol–water partition coefficient (Wildman–Crippen LogP) is 5.23. The highest BCUT2D eigenvalue weighted by molar-refractivity contribution is 6.02. The van der Waals surface area contributed by atoms with Gasteiger partial charge < -0.3 is 14.5 Å². The number of alkyl halides is 2. The molecule has 0 spiro atoms. The maximum Gasteiger partial charge on any atom is 0.409 e. The summed E-state index contributed by atoms with van der Waals surface area (Å²) in [4.78, 5) is 39.2. The zero-order chi connectivity index (χ0) is 29.7. The Hall–Kier alpha value is -3.24. The van der Waals surface area contributed by atoms with Crippen molar-refractivity contribution in [3.05, 3.63) is 23.9 Å². The summed E-state index contributed by atoms with van der Waals surface area (Å²) >= 11 is 0. The first-order valence-corrected chi connectivity index (χ1v) is 14.9. The highest BCUT2D eigenvalue weighted by atomic mass is 19.3. The number of fused-ring (bicyclic) bond motifs is 1. The molecule has 41 heavy (non-hydrogen) atoms. The van der Waals surface area contributed by atoms with Crippen LogP contribution >= 0.6 is 0 Å². The molecule has 2 aromatic rings. The number of carbonyl (C=O) groups is 3. The van der Waals surface area contributed by atoms with E-state index in [2.05, 4.69) is 35.2 Å². The molecule has 3 aliphatic heterocycles. The van der Waals surface area contributed by atoms with Crippen molar-refractivity contribution in [3.63, 3.8) is 0 Å². The van der Waals surface area contributed by atoms with Gasteiger partial charge in [-0.1, -0.05) is 20.3 Å². The molecule has 3 amide bonds. The van der Waals surface area contributed by atoms with E-state index in [0.717, 1.165) is 47.4 Å². The number of nitrogens with zero attached hydrogens (tertiary/aromatic N) is 4. The van der Waals surface area contributed by atoms with Gasteiger partial charge in [-0.15, -0.1) is 0 Å². The van der Waals surface area contributed by atoms with Crippen LogP contribution in [0.5, 0.6) is 0 Å². The Bertz CT molecular complexity index is 1240. The van der Waals surface area contributed by atoms with Crippen LogP contribution in [0.2, 0.25) is 0 Å². The molecule has 1 aromatic carbocycles. The van der Waals surface area contributed by atoms with Crippen molar-refractivity contribution >= 4 is 34.5 Å². The molecule has 11 heteroatoms. The summed E-state index contributed by atoms with van der Waals surface area (Å²) in [5.74, 6) is -4.41. The summed E-state index contributed by atoms with van der Waals surface area (Å²) in [6.07, 6.45) is 3.77. The third-order valence-corrected chi connectivity index (χ3v) is 8.30. The average molecular weight is 576 g/mol. The van der Waals surface area contributed by atoms with E-state index in [-0.39, 0.29) is 24.3 Å². The van der Waals surface area contributed by atoms with Gasteiger partial charge in [-0.2, -0.15) is 5.10 Å². The van der Waals surface area contributed by atoms with Crippen LogP contribution in [0.15, 0.2) is 18.2 Å². The van der Waals surface area contributed by atoms with Crippen molar-refractivity contribution in [3.8, 4) is 0 Å². The highest BCUT2D eigenvalue weighted by Gasteiger charge is 2.47. The van der Waals surface area contributed by atoms with E-state index in [9.17, 15) is 23.2 Å². The molecule has 5 rings (SSSR count). The number of halogens is 2. The van der Waals surface area contributed by atoms with Gasteiger partial charge in [-0.3, -0.25) is 19.6 Å². The van der Waals surface area contributed by atoms with Gasteiger partial charge in [0.25, 0.3) is 5.92 Å². The van der Waals surface area contributed by atoms with Gasteiger partial charge in [0.2, 0.25) is 11.8 Å². The fourth-order valence-corrected chi connectivity index (χ4v) is 6.16. The van der Waals surface area contributed by atoms with E-state index in [1.54, 1.807) is 11.6 Å². The van der Waals surface area contributed by atoms with Crippen LogP contribution in [0.25, 0.3) is 10.9 Å². The second-order valence-electron chi connectivity index (χ2n) is 11.5. The third kappa shape index (κ3) is 6.98. The first kappa shape index (κ1) is 30.7. The van der Waals surface area contributed by atoms with Gasteiger partial charge in [0.05, 0.1) is 30.3 Å². The van der Waals surface area contributed by atoms with Crippen molar-refractivity contribution in [1.29, 1.82) is 0 Å². The summed E-state index contributed by atoms with van der Waals surface area (Å²) < 4.78 is 36.4. The van der Waals surface area contributed by atoms with Gasteiger partial charge in [-0.25, -0.2) is 13.6 Å². The second-order valence-corrected chi connectivity index (χ2v) is 11.5. The van der Waals surface area contributed by atoms with Crippen LogP contribution in [-0.2, 0) is 21.4 Å². The fourth-order valence-electron chi connectivity index (χ4n) is 6.16. The molecule has 0 bridgehead atoms. The van der Waals surface area contributed by atoms with E-state index in [1.165, 1.54) is 6.42 Å². The molecule has 0 saturated carbocycles. The van der Waals surface area contributed by atoms with E-state index in [1.807, 2.05) is 19.2 Å². The molecule has 3 aliphatic rings. The number of anilines is 1. The zero-order valence-electron chi connectivity index (χ0n) is 24.6. The molecule has 3 fully saturated rings. The van der Waals surface area contributed by atoms with Crippen LogP contribution in [-0.4, -0.2) is 71.3 Å². The minimum atomic E-state index is -2.91. The number of benzene rings is 1. The normalized spacial score (nSPS) is 23.2. The molecule has 226 valence electrons. The van der Waals surface area contributed by atoms with E-state index in [4.69, 9.17) is 4.74 Å². The monoisotopic (exact) mass is 575 g/mol. The zero-order valence-corrected chi connectivity index (χ0v) is 24.6. The van der Waals surface area contributed by atoms with Gasteiger partial charge in [0, 0.05) is 50.1 Å². The lowest BCUT2D eigenvalue weighted by Crippen LogP contribution is -2.51. The van der Waals surface area contributed by atoms with Crippen molar-refractivity contribution in [2.24, 2.45) is 18.9 Å². The average Bonchev–Trinajstić information content (AvgIpc) is 3.26.